The van der Waals surface area contributed by atoms with Gasteiger partial charge in [-0.3, -0.25) is 4.79 Å². The standard InChI is InChI=1S/C20H20ClNO4/c1-13(26-20(24)17-11-16(21)7-8-18(17)25-2)19(23)22-10-9-14-5-3-4-6-15(14)12-22/h3-8,11,13H,9-10,12H2,1-2H3/t13-/m1/s1. The van der Waals surface area contributed by atoms with Crippen LogP contribution in [0.15, 0.2) is 42.5 Å². The largest absolute Gasteiger partial charge is 0.496 e. The normalized spacial score (nSPS) is 14.3. The van der Waals surface area contributed by atoms with Crippen LogP contribution in [0.5, 0.6) is 5.75 Å². The Bertz CT molecular complexity index is 836. The highest BCUT2D eigenvalue weighted by atomic mass is 35.5. The number of rotatable bonds is 4. The van der Waals surface area contributed by atoms with Crippen LogP contribution in [0.4, 0.5) is 0 Å². The van der Waals surface area contributed by atoms with Crippen molar-refractivity contribution in [3.8, 4) is 5.75 Å². The third-order valence-corrected chi connectivity index (χ3v) is 4.69. The van der Waals surface area contributed by atoms with Gasteiger partial charge >= 0.3 is 5.97 Å². The van der Waals surface area contributed by atoms with E-state index < -0.39 is 12.1 Å². The molecular weight excluding hydrogens is 354 g/mol. The molecule has 136 valence electrons. The van der Waals surface area contributed by atoms with Crippen molar-refractivity contribution in [3.63, 3.8) is 0 Å². The number of hydrogen-bond acceptors (Lipinski definition) is 4. The second-order valence-electron chi connectivity index (χ2n) is 6.17. The maximum atomic E-state index is 12.7. The Morgan fingerprint density at radius 3 is 2.62 bits per heavy atom. The molecule has 0 bridgehead atoms. The molecule has 1 amide bonds. The van der Waals surface area contributed by atoms with Crippen molar-refractivity contribution < 1.29 is 19.1 Å². The number of fused-ring (bicyclic) bond motifs is 1. The quantitative estimate of drug-likeness (QED) is 0.770. The molecule has 5 nitrogen and oxygen atoms in total. The van der Waals surface area contributed by atoms with E-state index in [1.165, 1.54) is 18.7 Å². The van der Waals surface area contributed by atoms with Gasteiger partial charge in [-0.05, 0) is 42.7 Å². The van der Waals surface area contributed by atoms with Crippen molar-refractivity contribution in [2.24, 2.45) is 0 Å². The van der Waals surface area contributed by atoms with Crippen molar-refractivity contribution in [1.29, 1.82) is 0 Å². The third kappa shape index (κ3) is 3.83. The molecule has 0 saturated heterocycles. The number of nitrogens with zero attached hydrogens (tertiary/aromatic N) is 1. The molecule has 0 fully saturated rings. The molecule has 1 aliphatic rings. The lowest BCUT2D eigenvalue weighted by Gasteiger charge is -2.30. The first-order valence-corrected chi connectivity index (χ1v) is 8.77. The van der Waals surface area contributed by atoms with Gasteiger partial charge in [0.05, 0.1) is 7.11 Å². The van der Waals surface area contributed by atoms with Gasteiger partial charge in [0.25, 0.3) is 5.91 Å². The lowest BCUT2D eigenvalue weighted by molar-refractivity contribution is -0.140. The maximum Gasteiger partial charge on any atom is 0.342 e. The molecule has 0 aliphatic carbocycles. The van der Waals surface area contributed by atoms with Gasteiger partial charge in [-0.1, -0.05) is 35.9 Å². The van der Waals surface area contributed by atoms with Crippen LogP contribution in [0.2, 0.25) is 5.02 Å². The Labute approximate surface area is 157 Å². The van der Waals surface area contributed by atoms with Crippen LogP contribution in [0.25, 0.3) is 0 Å². The van der Waals surface area contributed by atoms with E-state index in [1.54, 1.807) is 24.0 Å². The summed E-state index contributed by atoms with van der Waals surface area (Å²) >= 11 is 5.95. The van der Waals surface area contributed by atoms with Gasteiger partial charge in [0.2, 0.25) is 0 Å². The maximum absolute atomic E-state index is 12.7. The Morgan fingerprint density at radius 1 is 1.15 bits per heavy atom. The fourth-order valence-electron chi connectivity index (χ4n) is 3.06. The number of methoxy groups -OCH3 is 1. The van der Waals surface area contributed by atoms with Gasteiger partial charge in [-0.25, -0.2) is 4.79 Å². The summed E-state index contributed by atoms with van der Waals surface area (Å²) in [6.07, 6.45) is -0.0959. The van der Waals surface area contributed by atoms with Crippen LogP contribution >= 0.6 is 11.6 Å². The number of carbonyl (C=O) groups excluding carboxylic acids is 2. The van der Waals surface area contributed by atoms with E-state index in [1.807, 2.05) is 18.2 Å². The van der Waals surface area contributed by atoms with Crippen LogP contribution < -0.4 is 4.74 Å². The molecule has 0 saturated carbocycles. The summed E-state index contributed by atoms with van der Waals surface area (Å²) in [5.41, 5.74) is 2.58. The van der Waals surface area contributed by atoms with E-state index in [2.05, 4.69) is 6.07 Å². The summed E-state index contributed by atoms with van der Waals surface area (Å²) in [5, 5.41) is 0.393. The SMILES string of the molecule is COc1ccc(Cl)cc1C(=O)O[C@H](C)C(=O)N1CCc2ccccc2C1. The summed E-state index contributed by atoms with van der Waals surface area (Å²) < 4.78 is 10.5. The van der Waals surface area contributed by atoms with E-state index in [9.17, 15) is 9.59 Å². The Balaban J connectivity index is 1.68. The van der Waals surface area contributed by atoms with E-state index in [0.717, 1.165) is 12.0 Å². The minimum absolute atomic E-state index is 0.198. The molecule has 0 aromatic heterocycles. The number of amides is 1. The van der Waals surface area contributed by atoms with Crippen LogP contribution in [0.3, 0.4) is 0 Å². The number of carbonyl (C=O) groups is 2. The second-order valence-corrected chi connectivity index (χ2v) is 6.61. The number of hydrogen-bond donors (Lipinski definition) is 0. The average molecular weight is 374 g/mol. The molecule has 3 rings (SSSR count). The lowest BCUT2D eigenvalue weighted by Crippen LogP contribution is -2.42. The zero-order valence-electron chi connectivity index (χ0n) is 14.7. The van der Waals surface area contributed by atoms with E-state index in [4.69, 9.17) is 21.1 Å². The van der Waals surface area contributed by atoms with Gasteiger partial charge in [-0.2, -0.15) is 0 Å². The number of ether oxygens (including phenoxy) is 2. The minimum Gasteiger partial charge on any atom is -0.496 e. The molecule has 0 N–H and O–H groups in total. The molecule has 1 aliphatic heterocycles. The van der Waals surface area contributed by atoms with Gasteiger partial charge in [0.1, 0.15) is 11.3 Å². The molecule has 0 spiro atoms. The zero-order valence-corrected chi connectivity index (χ0v) is 15.5. The molecule has 26 heavy (non-hydrogen) atoms. The summed E-state index contributed by atoms with van der Waals surface area (Å²) in [6, 6.07) is 12.7. The zero-order chi connectivity index (χ0) is 18.7. The molecule has 2 aromatic carbocycles. The van der Waals surface area contributed by atoms with Gasteiger partial charge in [-0.15, -0.1) is 0 Å². The van der Waals surface area contributed by atoms with Crippen LogP contribution in [-0.2, 0) is 22.5 Å². The lowest BCUT2D eigenvalue weighted by atomic mass is 9.99. The molecule has 0 radical (unpaired) electrons. The van der Waals surface area contributed by atoms with Gasteiger partial charge in [0.15, 0.2) is 6.10 Å². The number of benzene rings is 2. The van der Waals surface area contributed by atoms with E-state index >= 15 is 0 Å². The first kappa shape index (κ1) is 18.3. The predicted molar refractivity (Wildman–Crippen MR) is 98.4 cm³/mol. The fourth-order valence-corrected chi connectivity index (χ4v) is 3.23. The van der Waals surface area contributed by atoms with E-state index in [-0.39, 0.29) is 11.5 Å². The van der Waals surface area contributed by atoms with E-state index in [0.29, 0.717) is 23.9 Å². The third-order valence-electron chi connectivity index (χ3n) is 4.46. The van der Waals surface area contributed by atoms with Crippen LogP contribution in [-0.4, -0.2) is 36.5 Å². The fraction of sp³-hybridized carbons (Fsp3) is 0.300. The Morgan fingerprint density at radius 2 is 1.88 bits per heavy atom. The smallest absolute Gasteiger partial charge is 0.342 e. The summed E-state index contributed by atoms with van der Waals surface area (Å²) in [6.45, 7) is 2.72. The molecular formula is C20H20ClNO4. The number of esters is 1. The van der Waals surface area contributed by atoms with Crippen molar-refractivity contribution in [1.82, 2.24) is 4.90 Å². The monoisotopic (exact) mass is 373 g/mol. The molecule has 2 aromatic rings. The molecule has 6 heteroatoms. The summed E-state index contributed by atoms with van der Waals surface area (Å²) in [4.78, 5) is 26.8. The van der Waals surface area contributed by atoms with Crippen molar-refractivity contribution >= 4 is 23.5 Å². The van der Waals surface area contributed by atoms with Crippen molar-refractivity contribution in [2.45, 2.75) is 26.0 Å². The van der Waals surface area contributed by atoms with Crippen LogP contribution in [0, 0.1) is 0 Å². The van der Waals surface area contributed by atoms with Crippen molar-refractivity contribution in [3.05, 3.63) is 64.2 Å². The predicted octanol–water partition coefficient (Wildman–Crippen LogP) is 3.48. The minimum atomic E-state index is -0.892. The van der Waals surface area contributed by atoms with Gasteiger partial charge < -0.3 is 14.4 Å². The van der Waals surface area contributed by atoms with Gasteiger partial charge in [0, 0.05) is 18.1 Å². The Hall–Kier alpha value is -2.53. The molecule has 0 unspecified atom stereocenters. The molecule has 1 atom stereocenters. The van der Waals surface area contributed by atoms with Crippen molar-refractivity contribution in [2.75, 3.05) is 13.7 Å². The van der Waals surface area contributed by atoms with Crippen LogP contribution in [0.1, 0.15) is 28.4 Å². The highest BCUT2D eigenvalue weighted by Gasteiger charge is 2.28. The summed E-state index contributed by atoms with van der Waals surface area (Å²) in [5.74, 6) is -0.498. The first-order valence-electron chi connectivity index (χ1n) is 8.39. The average Bonchev–Trinajstić information content (AvgIpc) is 2.66. The molecule has 1 heterocycles. The highest BCUT2D eigenvalue weighted by Crippen LogP contribution is 2.24. The summed E-state index contributed by atoms with van der Waals surface area (Å²) in [7, 11) is 1.46. The topological polar surface area (TPSA) is 55.8 Å². The second kappa shape index (κ2) is 7.79. The highest BCUT2D eigenvalue weighted by molar-refractivity contribution is 6.31. The number of halogens is 1. The Kier molecular flexibility index (Phi) is 5.47. The first-order chi connectivity index (χ1) is 12.5.